The van der Waals surface area contributed by atoms with Crippen molar-refractivity contribution in [2.24, 2.45) is 5.92 Å². The van der Waals surface area contributed by atoms with Crippen LogP contribution >= 0.6 is 11.3 Å². The molecule has 2 heterocycles. The van der Waals surface area contributed by atoms with Gasteiger partial charge in [0.15, 0.2) is 5.13 Å². The Hall–Kier alpha value is -2.12. The van der Waals surface area contributed by atoms with E-state index in [1.54, 1.807) is 6.07 Å². The second-order valence-electron chi connectivity index (χ2n) is 8.40. The predicted molar refractivity (Wildman–Crippen MR) is 116 cm³/mol. The summed E-state index contributed by atoms with van der Waals surface area (Å²) >= 11 is 1.54. The first kappa shape index (κ1) is 21.6. The number of nitrogens with zero attached hydrogens (tertiary/aromatic N) is 2. The van der Waals surface area contributed by atoms with Gasteiger partial charge < -0.3 is 19.5 Å². The summed E-state index contributed by atoms with van der Waals surface area (Å²) in [6.07, 6.45) is 0.424. The number of rotatable bonds is 5. The third-order valence-corrected chi connectivity index (χ3v) is 5.74. The third kappa shape index (κ3) is 5.28. The van der Waals surface area contributed by atoms with E-state index in [1.165, 1.54) is 11.3 Å². The smallest absolute Gasteiger partial charge is 0.312 e. The Bertz CT molecular complexity index is 859. The van der Waals surface area contributed by atoms with Gasteiger partial charge in [-0.1, -0.05) is 11.6 Å². The molecule has 1 aromatic carbocycles. The van der Waals surface area contributed by atoms with Crippen LogP contribution in [-0.2, 0) is 14.3 Å². The number of aryl methyl sites for hydroxylation is 1. The fraction of sp³-hybridized carbons (Fsp3) is 0.545. The molecular weight excluding hydrogens is 388 g/mol. The molecule has 2 atom stereocenters. The maximum atomic E-state index is 12.6. The second kappa shape index (κ2) is 8.71. The van der Waals surface area contributed by atoms with Gasteiger partial charge >= 0.3 is 5.97 Å². The number of hydrogen-bond donors (Lipinski definition) is 1. The highest BCUT2D eigenvalue weighted by Gasteiger charge is 2.38. The maximum Gasteiger partial charge on any atom is 0.312 e. The molecule has 1 saturated heterocycles. The Morgan fingerprint density at radius 1 is 1.38 bits per heavy atom. The molecule has 158 valence electrons. The zero-order chi connectivity index (χ0) is 21.2. The lowest BCUT2D eigenvalue weighted by molar-refractivity contribution is -0.166. The first-order valence-electron chi connectivity index (χ1n) is 10.0. The molecule has 0 saturated carbocycles. The van der Waals surface area contributed by atoms with Crippen LogP contribution in [0.15, 0.2) is 23.6 Å². The number of hydrogen-bond acceptors (Lipinski definition) is 7. The summed E-state index contributed by atoms with van der Waals surface area (Å²) in [5.74, 6) is -0.242. The number of ether oxygens (including phenoxy) is 2. The van der Waals surface area contributed by atoms with Crippen LogP contribution < -0.4 is 4.90 Å². The van der Waals surface area contributed by atoms with E-state index in [0.29, 0.717) is 26.1 Å². The number of esters is 1. The van der Waals surface area contributed by atoms with E-state index >= 15 is 0 Å². The van der Waals surface area contributed by atoms with Crippen molar-refractivity contribution >= 4 is 22.4 Å². The van der Waals surface area contributed by atoms with E-state index < -0.39 is 5.60 Å². The Morgan fingerprint density at radius 2 is 2.14 bits per heavy atom. The van der Waals surface area contributed by atoms with Gasteiger partial charge in [-0.3, -0.25) is 4.79 Å². The summed E-state index contributed by atoms with van der Waals surface area (Å²) in [5, 5.41) is 13.0. The highest BCUT2D eigenvalue weighted by atomic mass is 32.1. The van der Waals surface area contributed by atoms with Gasteiger partial charge in [0.1, 0.15) is 11.4 Å². The summed E-state index contributed by atoms with van der Waals surface area (Å²) in [4.78, 5) is 19.5. The molecule has 6 nitrogen and oxygen atoms in total. The van der Waals surface area contributed by atoms with Gasteiger partial charge in [-0.15, -0.1) is 11.3 Å². The van der Waals surface area contributed by atoms with Crippen molar-refractivity contribution in [3.63, 3.8) is 0 Å². The molecule has 0 unspecified atom stereocenters. The molecule has 1 N–H and O–H groups in total. The SMILES string of the molecule is CCO[C@@H]1CN(c2nc(-c3cc(C)ccc3O)cs2)CC[C@@H]1C(=O)OC(C)(C)C. The molecule has 7 heteroatoms. The largest absolute Gasteiger partial charge is 0.507 e. The van der Waals surface area contributed by atoms with Gasteiger partial charge in [0, 0.05) is 30.6 Å². The van der Waals surface area contributed by atoms with Crippen LogP contribution in [-0.4, -0.2) is 47.5 Å². The topological polar surface area (TPSA) is 71.9 Å². The highest BCUT2D eigenvalue weighted by molar-refractivity contribution is 7.14. The molecule has 0 spiro atoms. The number of aromatic hydroxyl groups is 1. The molecule has 1 aliphatic heterocycles. The molecule has 3 rings (SSSR count). The fourth-order valence-corrected chi connectivity index (χ4v) is 4.37. The lowest BCUT2D eigenvalue weighted by atomic mass is 9.93. The Morgan fingerprint density at radius 3 is 2.83 bits per heavy atom. The minimum atomic E-state index is -0.509. The Kier molecular flexibility index (Phi) is 6.49. The number of thiazole rings is 1. The molecule has 1 aromatic heterocycles. The molecule has 2 aromatic rings. The fourth-order valence-electron chi connectivity index (χ4n) is 3.51. The van der Waals surface area contributed by atoms with Crippen molar-refractivity contribution in [2.45, 2.75) is 52.7 Å². The predicted octanol–water partition coefficient (Wildman–Crippen LogP) is 4.40. The van der Waals surface area contributed by atoms with Gasteiger partial charge in [0.05, 0.1) is 17.7 Å². The third-order valence-electron chi connectivity index (χ3n) is 4.84. The molecule has 0 radical (unpaired) electrons. The van der Waals surface area contributed by atoms with Gasteiger partial charge in [-0.05, 0) is 53.2 Å². The summed E-state index contributed by atoms with van der Waals surface area (Å²) in [6, 6.07) is 5.51. The van der Waals surface area contributed by atoms with Crippen molar-refractivity contribution in [3.8, 4) is 17.0 Å². The number of aromatic nitrogens is 1. The number of anilines is 1. The van der Waals surface area contributed by atoms with Gasteiger partial charge in [0.25, 0.3) is 0 Å². The molecular formula is C22H30N2O4S. The molecule has 29 heavy (non-hydrogen) atoms. The molecule has 0 aliphatic carbocycles. The average Bonchev–Trinajstić information content (AvgIpc) is 3.12. The Labute approximate surface area is 176 Å². The minimum Gasteiger partial charge on any atom is -0.507 e. The normalized spacial score (nSPS) is 20.0. The van der Waals surface area contributed by atoms with Crippen molar-refractivity contribution in [3.05, 3.63) is 29.1 Å². The quantitative estimate of drug-likeness (QED) is 0.726. The van der Waals surface area contributed by atoms with Crippen molar-refractivity contribution in [1.29, 1.82) is 0 Å². The molecule has 0 bridgehead atoms. The lowest BCUT2D eigenvalue weighted by Gasteiger charge is -2.38. The number of piperidine rings is 1. The minimum absolute atomic E-state index is 0.194. The number of benzene rings is 1. The monoisotopic (exact) mass is 418 g/mol. The standard InChI is InChI=1S/C22H30N2O4S/c1-6-27-19-12-24(10-9-15(19)20(26)28-22(3,4)5)21-23-17(13-29-21)16-11-14(2)7-8-18(16)25/h7-8,11,13,15,19,25H,6,9-10,12H2,1-5H3/t15-,19+/m0/s1. The summed E-state index contributed by atoms with van der Waals surface area (Å²) in [6.45, 7) is 11.4. The summed E-state index contributed by atoms with van der Waals surface area (Å²) in [5.41, 5.74) is 2.05. The summed E-state index contributed by atoms with van der Waals surface area (Å²) in [7, 11) is 0. The first-order valence-corrected chi connectivity index (χ1v) is 10.9. The van der Waals surface area contributed by atoms with Crippen LogP contribution in [0.4, 0.5) is 5.13 Å². The van der Waals surface area contributed by atoms with E-state index in [9.17, 15) is 9.90 Å². The second-order valence-corrected chi connectivity index (χ2v) is 9.24. The van der Waals surface area contributed by atoms with Crippen molar-refractivity contribution in [2.75, 3.05) is 24.6 Å². The maximum absolute atomic E-state index is 12.6. The van der Waals surface area contributed by atoms with Crippen LogP contribution in [0, 0.1) is 12.8 Å². The summed E-state index contributed by atoms with van der Waals surface area (Å²) < 4.78 is 11.5. The molecule has 0 amide bonds. The van der Waals surface area contributed by atoms with Gasteiger partial charge in [-0.25, -0.2) is 4.98 Å². The Balaban J connectivity index is 1.76. The van der Waals surface area contributed by atoms with Crippen LogP contribution in [0.3, 0.4) is 0 Å². The van der Waals surface area contributed by atoms with E-state index in [0.717, 1.165) is 22.0 Å². The van der Waals surface area contributed by atoms with Gasteiger partial charge in [-0.2, -0.15) is 0 Å². The molecule has 1 fully saturated rings. The molecule has 1 aliphatic rings. The van der Waals surface area contributed by atoms with Crippen LogP contribution in [0.5, 0.6) is 5.75 Å². The zero-order valence-electron chi connectivity index (χ0n) is 17.8. The van der Waals surface area contributed by atoms with Crippen LogP contribution in [0.1, 0.15) is 39.7 Å². The van der Waals surface area contributed by atoms with E-state index in [2.05, 4.69) is 4.90 Å². The van der Waals surface area contributed by atoms with Crippen molar-refractivity contribution < 1.29 is 19.4 Å². The lowest BCUT2D eigenvalue weighted by Crippen LogP contribution is -2.49. The number of carbonyl (C=O) groups is 1. The van der Waals surface area contributed by atoms with E-state index in [-0.39, 0.29) is 23.7 Å². The van der Waals surface area contributed by atoms with E-state index in [1.807, 2.05) is 52.1 Å². The van der Waals surface area contributed by atoms with Crippen molar-refractivity contribution in [1.82, 2.24) is 4.98 Å². The number of phenolic OH excluding ortho intramolecular Hbond substituents is 1. The number of phenols is 1. The first-order chi connectivity index (χ1) is 13.7. The average molecular weight is 419 g/mol. The highest BCUT2D eigenvalue weighted by Crippen LogP contribution is 2.35. The van der Waals surface area contributed by atoms with Gasteiger partial charge in [0.2, 0.25) is 0 Å². The van der Waals surface area contributed by atoms with Crippen LogP contribution in [0.25, 0.3) is 11.3 Å². The van der Waals surface area contributed by atoms with Crippen LogP contribution in [0.2, 0.25) is 0 Å². The zero-order valence-corrected chi connectivity index (χ0v) is 18.6. The number of carbonyl (C=O) groups excluding carboxylic acids is 1. The van der Waals surface area contributed by atoms with E-state index in [4.69, 9.17) is 14.5 Å².